The Morgan fingerprint density at radius 1 is 0.556 bits per heavy atom. The third kappa shape index (κ3) is 26.9. The van der Waals surface area contributed by atoms with Gasteiger partial charge < -0.3 is 40.3 Å². The smallest absolute Gasteiger partial charge is 0.220 e. The first-order valence-corrected chi connectivity index (χ1v) is 23.2. The minimum Gasteiger partial charge on any atom is -0.394 e. The highest BCUT2D eigenvalue weighted by atomic mass is 16.7. The SMILES string of the molecule is CCCCCCCCCCCCCCCCCCCCC(O)C(COC1OC(CO)C(O)C(O)C1O)NC(=O)CCCCCCCCCCCCCCC. The van der Waals surface area contributed by atoms with Gasteiger partial charge in [-0.25, -0.2) is 0 Å². The van der Waals surface area contributed by atoms with Crippen molar-refractivity contribution in [1.82, 2.24) is 5.32 Å². The number of ether oxygens (including phenoxy) is 2. The summed E-state index contributed by atoms with van der Waals surface area (Å²) in [4.78, 5) is 12.9. The van der Waals surface area contributed by atoms with E-state index in [1.54, 1.807) is 0 Å². The summed E-state index contributed by atoms with van der Waals surface area (Å²) in [5.74, 6) is -0.141. The van der Waals surface area contributed by atoms with E-state index in [4.69, 9.17) is 9.47 Å². The quantitative estimate of drug-likeness (QED) is 0.0339. The number of aliphatic hydroxyl groups excluding tert-OH is 5. The van der Waals surface area contributed by atoms with Crippen molar-refractivity contribution in [2.24, 2.45) is 0 Å². The van der Waals surface area contributed by atoms with E-state index in [1.807, 2.05) is 0 Å². The Balaban J connectivity index is 2.31. The van der Waals surface area contributed by atoms with Gasteiger partial charge in [0.05, 0.1) is 25.4 Å². The second-order valence-electron chi connectivity index (χ2n) is 16.6. The second kappa shape index (κ2) is 36.5. The molecule has 0 aromatic heterocycles. The van der Waals surface area contributed by atoms with Gasteiger partial charge in [0.25, 0.3) is 0 Å². The molecular weight excluding hydrogens is 682 g/mol. The zero-order valence-electron chi connectivity index (χ0n) is 35.3. The maximum atomic E-state index is 12.9. The van der Waals surface area contributed by atoms with Crippen LogP contribution >= 0.6 is 0 Å². The van der Waals surface area contributed by atoms with E-state index in [0.717, 1.165) is 38.5 Å². The Morgan fingerprint density at radius 2 is 0.926 bits per heavy atom. The van der Waals surface area contributed by atoms with Gasteiger partial charge in [-0.15, -0.1) is 0 Å². The number of carbonyl (C=O) groups excluding carboxylic acids is 1. The lowest BCUT2D eigenvalue weighted by atomic mass is 9.99. The third-order valence-corrected chi connectivity index (χ3v) is 11.5. The Labute approximate surface area is 332 Å². The van der Waals surface area contributed by atoms with Crippen molar-refractivity contribution in [2.75, 3.05) is 13.2 Å². The maximum Gasteiger partial charge on any atom is 0.220 e. The number of hydrogen-bond acceptors (Lipinski definition) is 8. The average molecular weight is 772 g/mol. The van der Waals surface area contributed by atoms with Crippen molar-refractivity contribution < 1.29 is 39.8 Å². The number of rotatable bonds is 39. The molecule has 0 bridgehead atoms. The van der Waals surface area contributed by atoms with Gasteiger partial charge in [0.15, 0.2) is 6.29 Å². The largest absolute Gasteiger partial charge is 0.394 e. The molecule has 1 aliphatic rings. The lowest BCUT2D eigenvalue weighted by Crippen LogP contribution is -2.60. The molecule has 1 aliphatic heterocycles. The fraction of sp³-hybridized carbons (Fsp3) is 0.978. The summed E-state index contributed by atoms with van der Waals surface area (Å²) in [6, 6.07) is -0.711. The van der Waals surface area contributed by atoms with Crippen LogP contribution in [0.1, 0.15) is 226 Å². The summed E-state index contributed by atoms with van der Waals surface area (Å²) in [5, 5.41) is 54.3. The molecule has 6 N–H and O–H groups in total. The summed E-state index contributed by atoms with van der Waals surface area (Å²) in [7, 11) is 0. The highest BCUT2D eigenvalue weighted by Gasteiger charge is 2.44. The van der Waals surface area contributed by atoms with Gasteiger partial charge >= 0.3 is 0 Å². The molecule has 1 heterocycles. The molecule has 0 aliphatic carbocycles. The van der Waals surface area contributed by atoms with E-state index in [0.29, 0.717) is 12.8 Å². The lowest BCUT2D eigenvalue weighted by Gasteiger charge is -2.40. The highest BCUT2D eigenvalue weighted by Crippen LogP contribution is 2.23. The Morgan fingerprint density at radius 3 is 1.31 bits per heavy atom. The van der Waals surface area contributed by atoms with Crippen molar-refractivity contribution in [3.05, 3.63) is 0 Å². The fourth-order valence-electron chi connectivity index (χ4n) is 7.69. The topological polar surface area (TPSA) is 149 Å². The maximum absolute atomic E-state index is 12.9. The molecule has 9 nitrogen and oxygen atoms in total. The zero-order chi connectivity index (χ0) is 39.5. The number of nitrogens with one attached hydrogen (secondary N) is 1. The predicted molar refractivity (Wildman–Crippen MR) is 221 cm³/mol. The van der Waals surface area contributed by atoms with Crippen LogP contribution in [-0.2, 0) is 14.3 Å². The van der Waals surface area contributed by atoms with Crippen LogP contribution in [-0.4, -0.2) is 87.5 Å². The van der Waals surface area contributed by atoms with Crippen molar-refractivity contribution >= 4 is 5.91 Å². The molecule has 9 heteroatoms. The predicted octanol–water partition coefficient (Wildman–Crippen LogP) is 9.56. The van der Waals surface area contributed by atoms with Crippen LogP contribution in [0.2, 0.25) is 0 Å². The molecule has 1 amide bonds. The van der Waals surface area contributed by atoms with E-state index in [-0.39, 0.29) is 12.5 Å². The molecule has 322 valence electrons. The second-order valence-corrected chi connectivity index (χ2v) is 16.6. The highest BCUT2D eigenvalue weighted by molar-refractivity contribution is 5.76. The molecule has 0 aromatic carbocycles. The van der Waals surface area contributed by atoms with Gasteiger partial charge in [0, 0.05) is 6.42 Å². The number of hydrogen-bond donors (Lipinski definition) is 6. The Kier molecular flexibility index (Phi) is 34.6. The van der Waals surface area contributed by atoms with E-state index in [9.17, 15) is 30.3 Å². The van der Waals surface area contributed by atoms with Crippen LogP contribution in [0.15, 0.2) is 0 Å². The molecular formula is C45H89NO8. The number of carbonyl (C=O) groups is 1. The minimum absolute atomic E-state index is 0.132. The van der Waals surface area contributed by atoms with E-state index < -0.39 is 49.5 Å². The molecule has 7 atom stereocenters. The molecule has 7 unspecified atom stereocenters. The third-order valence-electron chi connectivity index (χ3n) is 11.5. The summed E-state index contributed by atoms with van der Waals surface area (Å²) in [6.07, 6.45) is 32.5. The number of amides is 1. The van der Waals surface area contributed by atoms with Crippen LogP contribution in [0.25, 0.3) is 0 Å². The monoisotopic (exact) mass is 772 g/mol. The van der Waals surface area contributed by atoms with Gasteiger partial charge in [0.2, 0.25) is 5.91 Å². The van der Waals surface area contributed by atoms with E-state index in [2.05, 4.69) is 19.2 Å². The average Bonchev–Trinajstić information content (AvgIpc) is 3.17. The number of unbranched alkanes of at least 4 members (excludes halogenated alkanes) is 29. The Hall–Kier alpha value is -0.810. The van der Waals surface area contributed by atoms with Crippen LogP contribution in [0.5, 0.6) is 0 Å². The molecule has 1 rings (SSSR count). The van der Waals surface area contributed by atoms with Crippen LogP contribution in [0, 0.1) is 0 Å². The van der Waals surface area contributed by atoms with Gasteiger partial charge in [0.1, 0.15) is 24.4 Å². The van der Waals surface area contributed by atoms with Gasteiger partial charge in [-0.05, 0) is 12.8 Å². The standard InChI is InChI=1S/C45H89NO8/c1-3-5-7-9-11-13-15-17-18-19-20-21-23-24-26-28-30-32-34-39(48)38(37-53-45-44(52)43(51)42(50)40(36-47)54-45)46-41(49)35-33-31-29-27-25-22-16-14-12-10-8-6-4-2/h38-40,42-45,47-48,50-52H,3-37H2,1-2H3,(H,46,49). The number of aliphatic hydroxyl groups is 5. The zero-order valence-corrected chi connectivity index (χ0v) is 35.3. The first-order chi connectivity index (χ1) is 26.3. The van der Waals surface area contributed by atoms with Crippen molar-refractivity contribution in [2.45, 2.75) is 269 Å². The fourth-order valence-corrected chi connectivity index (χ4v) is 7.69. The molecule has 0 spiro atoms. The molecule has 54 heavy (non-hydrogen) atoms. The Bertz CT molecular complexity index is 817. The summed E-state index contributed by atoms with van der Waals surface area (Å²) in [6.45, 7) is 3.85. The lowest BCUT2D eigenvalue weighted by molar-refractivity contribution is -0.302. The summed E-state index contributed by atoms with van der Waals surface area (Å²) in [5.41, 5.74) is 0. The van der Waals surface area contributed by atoms with Gasteiger partial charge in [-0.2, -0.15) is 0 Å². The van der Waals surface area contributed by atoms with Crippen LogP contribution in [0.4, 0.5) is 0 Å². The first-order valence-electron chi connectivity index (χ1n) is 23.2. The van der Waals surface area contributed by atoms with Crippen LogP contribution < -0.4 is 5.32 Å². The van der Waals surface area contributed by atoms with Crippen molar-refractivity contribution in [3.63, 3.8) is 0 Å². The van der Waals surface area contributed by atoms with Crippen molar-refractivity contribution in [1.29, 1.82) is 0 Å². The molecule has 1 fully saturated rings. The molecule has 0 aromatic rings. The summed E-state index contributed by atoms with van der Waals surface area (Å²) < 4.78 is 11.3. The van der Waals surface area contributed by atoms with Crippen molar-refractivity contribution in [3.8, 4) is 0 Å². The summed E-state index contributed by atoms with van der Waals surface area (Å²) >= 11 is 0. The van der Waals surface area contributed by atoms with Crippen LogP contribution in [0.3, 0.4) is 0 Å². The van der Waals surface area contributed by atoms with E-state index in [1.165, 1.54) is 161 Å². The van der Waals surface area contributed by atoms with E-state index >= 15 is 0 Å². The molecule has 0 radical (unpaired) electrons. The molecule has 0 saturated carbocycles. The minimum atomic E-state index is -1.55. The van der Waals surface area contributed by atoms with Gasteiger partial charge in [-0.3, -0.25) is 4.79 Å². The molecule has 1 saturated heterocycles. The normalized spacial score (nSPS) is 21.4. The first kappa shape index (κ1) is 51.2. The van der Waals surface area contributed by atoms with Gasteiger partial charge in [-0.1, -0.05) is 206 Å².